The largest absolute Gasteiger partial charge is 0.465 e. The number of hydrogen-bond acceptors (Lipinski definition) is 4. The van der Waals surface area contributed by atoms with Gasteiger partial charge in [0.25, 0.3) is 0 Å². The van der Waals surface area contributed by atoms with Crippen LogP contribution >= 0.6 is 12.4 Å². The predicted octanol–water partition coefficient (Wildman–Crippen LogP) is 1.28. The molecule has 0 bridgehead atoms. The molecule has 0 saturated heterocycles. The number of benzene rings is 1. The molecule has 1 rings (SSSR count). The highest BCUT2D eigenvalue weighted by atomic mass is 35.5. The molecule has 0 radical (unpaired) electrons. The number of halogens is 1. The first-order chi connectivity index (χ1) is 7.19. The van der Waals surface area contributed by atoms with Crippen molar-refractivity contribution in [3.05, 3.63) is 35.4 Å². The van der Waals surface area contributed by atoms with Crippen LogP contribution in [0.25, 0.3) is 0 Å². The van der Waals surface area contributed by atoms with Crippen LogP contribution in [-0.2, 0) is 4.74 Å². The Kier molecular flexibility index (Phi) is 6.72. The number of hydrogen-bond donors (Lipinski definition) is 2. The zero-order valence-electron chi connectivity index (χ0n) is 9.05. The van der Waals surface area contributed by atoms with E-state index in [0.29, 0.717) is 12.0 Å². The van der Waals surface area contributed by atoms with E-state index in [1.807, 2.05) is 6.07 Å². The van der Waals surface area contributed by atoms with Gasteiger partial charge >= 0.3 is 5.97 Å². The van der Waals surface area contributed by atoms with E-state index in [2.05, 4.69) is 4.74 Å². The minimum atomic E-state index is -0.381. The van der Waals surface area contributed by atoms with Crippen LogP contribution in [0.1, 0.15) is 28.4 Å². The molecule has 0 aliphatic rings. The Balaban J connectivity index is 0.00000225. The molecule has 0 spiro atoms. The van der Waals surface area contributed by atoms with Gasteiger partial charge in [0.2, 0.25) is 0 Å². The van der Waals surface area contributed by atoms with Crippen LogP contribution in [0.5, 0.6) is 0 Å². The summed E-state index contributed by atoms with van der Waals surface area (Å²) in [6.07, 6.45) is 0.477. The Morgan fingerprint density at radius 3 is 2.81 bits per heavy atom. The van der Waals surface area contributed by atoms with Crippen LogP contribution in [0.2, 0.25) is 0 Å². The molecule has 0 aromatic heterocycles. The Bertz CT molecular complexity index is 344. The number of ether oxygens (including phenoxy) is 1. The van der Waals surface area contributed by atoms with Crippen molar-refractivity contribution < 1.29 is 14.6 Å². The van der Waals surface area contributed by atoms with Gasteiger partial charge in [0, 0.05) is 12.6 Å². The van der Waals surface area contributed by atoms with Crippen LogP contribution in [0.4, 0.5) is 0 Å². The van der Waals surface area contributed by atoms with E-state index < -0.39 is 0 Å². The average molecular weight is 246 g/mol. The van der Waals surface area contributed by atoms with Gasteiger partial charge in [-0.1, -0.05) is 12.1 Å². The molecule has 0 aliphatic carbocycles. The summed E-state index contributed by atoms with van der Waals surface area (Å²) in [6, 6.07) is 6.68. The molecule has 0 heterocycles. The molecular formula is C11H16ClNO3. The summed E-state index contributed by atoms with van der Waals surface area (Å²) in [5.41, 5.74) is 7.11. The molecule has 16 heavy (non-hydrogen) atoms. The molecule has 1 aromatic rings. The minimum Gasteiger partial charge on any atom is -0.465 e. The van der Waals surface area contributed by atoms with Crippen LogP contribution in [0, 0.1) is 0 Å². The summed E-state index contributed by atoms with van der Waals surface area (Å²) in [4.78, 5) is 11.2. The standard InChI is InChI=1S/C11H15NO3.ClH/c1-15-11(14)9-4-2-3-8(7-9)10(12)5-6-13;/h2-4,7,10,13H,5-6,12H2,1H3;1H. The first-order valence-electron chi connectivity index (χ1n) is 4.73. The maximum absolute atomic E-state index is 11.2. The number of nitrogens with two attached hydrogens (primary N) is 1. The molecule has 0 aliphatic heterocycles. The van der Waals surface area contributed by atoms with Gasteiger partial charge < -0.3 is 15.6 Å². The maximum atomic E-state index is 11.2. The average Bonchev–Trinajstić information content (AvgIpc) is 2.28. The highest BCUT2D eigenvalue weighted by Gasteiger charge is 2.09. The van der Waals surface area contributed by atoms with E-state index >= 15 is 0 Å². The van der Waals surface area contributed by atoms with Crippen LogP contribution < -0.4 is 5.73 Å². The van der Waals surface area contributed by atoms with E-state index in [9.17, 15) is 4.79 Å². The van der Waals surface area contributed by atoms with Gasteiger partial charge in [-0.15, -0.1) is 12.4 Å². The summed E-state index contributed by atoms with van der Waals surface area (Å²) in [5.74, 6) is -0.381. The lowest BCUT2D eigenvalue weighted by atomic mass is 10.0. The smallest absolute Gasteiger partial charge is 0.337 e. The van der Waals surface area contributed by atoms with Crippen molar-refractivity contribution in [3.8, 4) is 0 Å². The van der Waals surface area contributed by atoms with E-state index in [1.165, 1.54) is 7.11 Å². The molecule has 90 valence electrons. The molecular weight excluding hydrogens is 230 g/mol. The zero-order chi connectivity index (χ0) is 11.3. The lowest BCUT2D eigenvalue weighted by molar-refractivity contribution is 0.0600. The fourth-order valence-corrected chi connectivity index (χ4v) is 1.32. The third-order valence-electron chi connectivity index (χ3n) is 2.18. The molecule has 0 saturated carbocycles. The highest BCUT2D eigenvalue weighted by molar-refractivity contribution is 5.89. The minimum absolute atomic E-state index is 0. The van der Waals surface area contributed by atoms with Crippen LogP contribution in [0.3, 0.4) is 0 Å². The summed E-state index contributed by atoms with van der Waals surface area (Å²) in [7, 11) is 1.34. The van der Waals surface area contributed by atoms with Crippen LogP contribution in [0.15, 0.2) is 24.3 Å². The Morgan fingerprint density at radius 1 is 1.56 bits per heavy atom. The van der Waals surface area contributed by atoms with Gasteiger partial charge in [0.05, 0.1) is 12.7 Å². The monoisotopic (exact) mass is 245 g/mol. The summed E-state index contributed by atoms with van der Waals surface area (Å²) >= 11 is 0. The SMILES string of the molecule is COC(=O)c1cccc(C(N)CCO)c1.Cl. The fraction of sp³-hybridized carbons (Fsp3) is 0.364. The summed E-state index contributed by atoms with van der Waals surface area (Å²) < 4.78 is 4.60. The van der Waals surface area contributed by atoms with Gasteiger partial charge in [-0.2, -0.15) is 0 Å². The number of carbonyl (C=O) groups excluding carboxylic acids is 1. The molecule has 1 unspecified atom stereocenters. The van der Waals surface area contributed by atoms with Gasteiger partial charge in [-0.25, -0.2) is 4.79 Å². The lowest BCUT2D eigenvalue weighted by Gasteiger charge is -2.11. The van der Waals surface area contributed by atoms with Crippen molar-refractivity contribution in [3.63, 3.8) is 0 Å². The van der Waals surface area contributed by atoms with Gasteiger partial charge in [0.15, 0.2) is 0 Å². The lowest BCUT2D eigenvalue weighted by Crippen LogP contribution is -2.13. The number of aliphatic hydroxyl groups is 1. The van der Waals surface area contributed by atoms with Crippen molar-refractivity contribution in [2.75, 3.05) is 13.7 Å². The number of esters is 1. The predicted molar refractivity (Wildman–Crippen MR) is 63.7 cm³/mol. The highest BCUT2D eigenvalue weighted by Crippen LogP contribution is 2.15. The number of rotatable bonds is 4. The maximum Gasteiger partial charge on any atom is 0.337 e. The van der Waals surface area contributed by atoms with Gasteiger partial charge in [-0.3, -0.25) is 0 Å². The Morgan fingerprint density at radius 2 is 2.25 bits per heavy atom. The van der Waals surface area contributed by atoms with Gasteiger partial charge in [-0.05, 0) is 24.1 Å². The normalized spacial score (nSPS) is 11.4. The quantitative estimate of drug-likeness (QED) is 0.784. The third-order valence-corrected chi connectivity index (χ3v) is 2.18. The second-order valence-electron chi connectivity index (χ2n) is 3.24. The van der Waals surface area contributed by atoms with E-state index in [0.717, 1.165) is 5.56 Å². The Hall–Kier alpha value is -1.10. The first-order valence-corrected chi connectivity index (χ1v) is 4.73. The molecule has 3 N–H and O–H groups in total. The molecule has 1 atom stereocenters. The molecule has 1 aromatic carbocycles. The van der Waals surface area contributed by atoms with Crippen molar-refractivity contribution in [1.82, 2.24) is 0 Å². The fourth-order valence-electron chi connectivity index (χ4n) is 1.32. The second kappa shape index (κ2) is 7.22. The molecule has 5 heteroatoms. The number of methoxy groups -OCH3 is 1. The molecule has 0 amide bonds. The van der Waals surface area contributed by atoms with Gasteiger partial charge in [0.1, 0.15) is 0 Å². The van der Waals surface area contributed by atoms with E-state index in [4.69, 9.17) is 10.8 Å². The van der Waals surface area contributed by atoms with Crippen molar-refractivity contribution in [1.29, 1.82) is 0 Å². The Labute approximate surface area is 101 Å². The molecule has 4 nitrogen and oxygen atoms in total. The van der Waals surface area contributed by atoms with Crippen molar-refractivity contribution >= 4 is 18.4 Å². The summed E-state index contributed by atoms with van der Waals surface area (Å²) in [5, 5.41) is 8.75. The third kappa shape index (κ3) is 3.81. The summed E-state index contributed by atoms with van der Waals surface area (Å²) in [6.45, 7) is 0.0314. The number of aliphatic hydroxyl groups excluding tert-OH is 1. The van der Waals surface area contributed by atoms with E-state index in [-0.39, 0.29) is 31.0 Å². The zero-order valence-corrected chi connectivity index (χ0v) is 9.87. The molecule has 0 fully saturated rings. The van der Waals surface area contributed by atoms with E-state index in [1.54, 1.807) is 18.2 Å². The topological polar surface area (TPSA) is 72.5 Å². The van der Waals surface area contributed by atoms with Crippen molar-refractivity contribution in [2.45, 2.75) is 12.5 Å². The van der Waals surface area contributed by atoms with Crippen LogP contribution in [-0.4, -0.2) is 24.8 Å². The number of carbonyl (C=O) groups is 1. The second-order valence-corrected chi connectivity index (χ2v) is 3.24. The van der Waals surface area contributed by atoms with Crippen molar-refractivity contribution in [2.24, 2.45) is 5.73 Å². The first kappa shape index (κ1) is 14.9.